The lowest BCUT2D eigenvalue weighted by atomic mass is 10.0. The van der Waals surface area contributed by atoms with Crippen LogP contribution in [0.15, 0.2) is 48.7 Å². The van der Waals surface area contributed by atoms with Crippen molar-refractivity contribution in [2.45, 2.75) is 45.4 Å². The number of aromatic nitrogens is 1. The minimum absolute atomic E-state index is 0.673. The smallest absolute Gasteiger partial charge is 0.213 e. The molecule has 1 heterocycles. The van der Waals surface area contributed by atoms with Gasteiger partial charge in [0.2, 0.25) is 5.88 Å². The Kier molecular flexibility index (Phi) is 6.79. The molecule has 0 atom stereocenters. The Morgan fingerprint density at radius 3 is 2.29 bits per heavy atom. The van der Waals surface area contributed by atoms with E-state index >= 15 is 0 Å². The summed E-state index contributed by atoms with van der Waals surface area (Å²) in [7, 11) is 0. The van der Waals surface area contributed by atoms with Crippen molar-refractivity contribution in [2.75, 3.05) is 6.61 Å². The minimum Gasteiger partial charge on any atom is -0.477 e. The first kappa shape index (κ1) is 15.6. The zero-order valence-electron chi connectivity index (χ0n) is 12.9. The SMILES string of the molecule is CCCCCCc1ccc(CCOc2ccccn2)cc1. The minimum atomic E-state index is 0.673. The van der Waals surface area contributed by atoms with E-state index in [1.807, 2.05) is 18.2 Å². The summed E-state index contributed by atoms with van der Waals surface area (Å²) in [6.45, 7) is 2.93. The highest BCUT2D eigenvalue weighted by Gasteiger charge is 1.98. The summed E-state index contributed by atoms with van der Waals surface area (Å²) in [5.41, 5.74) is 2.77. The van der Waals surface area contributed by atoms with Crippen LogP contribution in [-0.4, -0.2) is 11.6 Å². The van der Waals surface area contributed by atoms with E-state index in [9.17, 15) is 0 Å². The van der Waals surface area contributed by atoms with Gasteiger partial charge in [-0.1, -0.05) is 56.5 Å². The van der Waals surface area contributed by atoms with Gasteiger partial charge in [0.05, 0.1) is 6.61 Å². The molecule has 1 aromatic carbocycles. The molecule has 0 amide bonds. The van der Waals surface area contributed by atoms with Gasteiger partial charge in [0, 0.05) is 18.7 Å². The van der Waals surface area contributed by atoms with Crippen molar-refractivity contribution in [1.29, 1.82) is 0 Å². The lowest BCUT2D eigenvalue weighted by Crippen LogP contribution is -2.02. The van der Waals surface area contributed by atoms with Crippen LogP contribution in [0.2, 0.25) is 0 Å². The van der Waals surface area contributed by atoms with Crippen molar-refractivity contribution in [3.8, 4) is 5.88 Å². The summed E-state index contributed by atoms with van der Waals surface area (Å²) in [6, 6.07) is 14.7. The molecular formula is C19H25NO. The maximum atomic E-state index is 5.62. The van der Waals surface area contributed by atoms with Gasteiger partial charge in [-0.3, -0.25) is 0 Å². The number of benzene rings is 1. The molecule has 0 aliphatic carbocycles. The molecule has 0 bridgehead atoms. The van der Waals surface area contributed by atoms with Gasteiger partial charge < -0.3 is 4.74 Å². The highest BCUT2D eigenvalue weighted by atomic mass is 16.5. The fourth-order valence-corrected chi connectivity index (χ4v) is 2.33. The second-order valence-corrected chi connectivity index (χ2v) is 5.39. The summed E-state index contributed by atoms with van der Waals surface area (Å²) >= 11 is 0. The van der Waals surface area contributed by atoms with Gasteiger partial charge in [-0.15, -0.1) is 0 Å². The van der Waals surface area contributed by atoms with Crippen molar-refractivity contribution in [3.05, 3.63) is 59.8 Å². The maximum absolute atomic E-state index is 5.62. The third kappa shape index (κ3) is 5.99. The maximum Gasteiger partial charge on any atom is 0.213 e. The normalized spacial score (nSPS) is 10.5. The van der Waals surface area contributed by atoms with Crippen molar-refractivity contribution >= 4 is 0 Å². The molecule has 0 unspecified atom stereocenters. The first-order valence-corrected chi connectivity index (χ1v) is 8.00. The van der Waals surface area contributed by atoms with Crippen LogP contribution in [0.25, 0.3) is 0 Å². The van der Waals surface area contributed by atoms with E-state index in [0.29, 0.717) is 12.5 Å². The van der Waals surface area contributed by atoms with Crippen molar-refractivity contribution in [2.24, 2.45) is 0 Å². The van der Waals surface area contributed by atoms with Crippen LogP contribution in [0.3, 0.4) is 0 Å². The predicted molar refractivity (Wildman–Crippen MR) is 87.7 cm³/mol. The van der Waals surface area contributed by atoms with Crippen LogP contribution in [0.4, 0.5) is 0 Å². The predicted octanol–water partition coefficient (Wildman–Crippen LogP) is 4.83. The monoisotopic (exact) mass is 283 g/mol. The Labute approximate surface area is 128 Å². The Bertz CT molecular complexity index is 493. The van der Waals surface area contributed by atoms with Crippen molar-refractivity contribution in [3.63, 3.8) is 0 Å². The molecule has 2 nitrogen and oxygen atoms in total. The van der Waals surface area contributed by atoms with Gasteiger partial charge in [-0.25, -0.2) is 4.98 Å². The van der Waals surface area contributed by atoms with Crippen LogP contribution >= 0.6 is 0 Å². The third-order valence-electron chi connectivity index (χ3n) is 3.62. The van der Waals surface area contributed by atoms with E-state index in [1.165, 1.54) is 43.2 Å². The molecule has 2 rings (SSSR count). The molecule has 0 fully saturated rings. The standard InChI is InChI=1S/C19H25NO/c1-2-3-4-5-8-17-10-12-18(13-11-17)14-16-21-19-9-6-7-15-20-19/h6-7,9-13,15H,2-5,8,14,16H2,1H3. The summed E-state index contributed by atoms with van der Waals surface area (Å²) in [6.07, 6.45) is 9.17. The summed E-state index contributed by atoms with van der Waals surface area (Å²) in [5, 5.41) is 0. The molecule has 0 radical (unpaired) electrons. The van der Waals surface area contributed by atoms with E-state index in [2.05, 4.69) is 36.2 Å². The molecule has 21 heavy (non-hydrogen) atoms. The molecule has 1 aromatic heterocycles. The van der Waals surface area contributed by atoms with Gasteiger partial charge in [-0.05, 0) is 30.0 Å². The molecule has 0 saturated heterocycles. The van der Waals surface area contributed by atoms with E-state index in [0.717, 1.165) is 6.42 Å². The lowest BCUT2D eigenvalue weighted by Gasteiger charge is -2.06. The van der Waals surface area contributed by atoms with Gasteiger partial charge in [0.25, 0.3) is 0 Å². The molecule has 0 aliphatic rings. The number of nitrogens with zero attached hydrogens (tertiary/aromatic N) is 1. The summed E-state index contributed by atoms with van der Waals surface area (Å²) in [4.78, 5) is 4.15. The molecular weight excluding hydrogens is 258 g/mol. The second kappa shape index (κ2) is 9.17. The molecule has 0 aliphatic heterocycles. The number of hydrogen-bond donors (Lipinski definition) is 0. The van der Waals surface area contributed by atoms with E-state index in [4.69, 9.17) is 4.74 Å². The first-order chi connectivity index (χ1) is 10.4. The fourth-order valence-electron chi connectivity index (χ4n) is 2.33. The Morgan fingerprint density at radius 2 is 1.62 bits per heavy atom. The van der Waals surface area contributed by atoms with Gasteiger partial charge in [0.1, 0.15) is 0 Å². The van der Waals surface area contributed by atoms with Gasteiger partial charge in [-0.2, -0.15) is 0 Å². The highest BCUT2D eigenvalue weighted by Crippen LogP contribution is 2.11. The Morgan fingerprint density at radius 1 is 0.857 bits per heavy atom. The summed E-state index contributed by atoms with van der Waals surface area (Å²) in [5.74, 6) is 0.699. The van der Waals surface area contributed by atoms with Gasteiger partial charge in [0.15, 0.2) is 0 Å². The number of pyridine rings is 1. The number of aryl methyl sites for hydroxylation is 1. The van der Waals surface area contributed by atoms with Crippen LogP contribution in [0.5, 0.6) is 5.88 Å². The zero-order chi connectivity index (χ0) is 14.8. The molecule has 2 heteroatoms. The molecule has 112 valence electrons. The lowest BCUT2D eigenvalue weighted by molar-refractivity contribution is 0.309. The largest absolute Gasteiger partial charge is 0.477 e. The van der Waals surface area contributed by atoms with Crippen LogP contribution in [-0.2, 0) is 12.8 Å². The number of unbranched alkanes of at least 4 members (excludes halogenated alkanes) is 3. The molecule has 2 aromatic rings. The van der Waals surface area contributed by atoms with E-state index < -0.39 is 0 Å². The van der Waals surface area contributed by atoms with Crippen molar-refractivity contribution in [1.82, 2.24) is 4.98 Å². The average molecular weight is 283 g/mol. The van der Waals surface area contributed by atoms with E-state index in [-0.39, 0.29) is 0 Å². The molecule has 0 saturated carbocycles. The fraction of sp³-hybridized carbons (Fsp3) is 0.421. The van der Waals surface area contributed by atoms with Crippen molar-refractivity contribution < 1.29 is 4.74 Å². The quantitative estimate of drug-likeness (QED) is 0.615. The molecule has 0 N–H and O–H groups in total. The Hall–Kier alpha value is -1.83. The first-order valence-electron chi connectivity index (χ1n) is 8.00. The number of rotatable bonds is 9. The average Bonchev–Trinajstić information content (AvgIpc) is 2.54. The Balaban J connectivity index is 1.69. The number of hydrogen-bond acceptors (Lipinski definition) is 2. The van der Waals surface area contributed by atoms with Gasteiger partial charge >= 0.3 is 0 Å². The summed E-state index contributed by atoms with van der Waals surface area (Å²) < 4.78 is 5.62. The van der Waals surface area contributed by atoms with E-state index in [1.54, 1.807) is 6.20 Å². The number of ether oxygens (including phenoxy) is 1. The van der Waals surface area contributed by atoms with Crippen LogP contribution in [0.1, 0.15) is 43.7 Å². The van der Waals surface area contributed by atoms with Crippen LogP contribution < -0.4 is 4.74 Å². The zero-order valence-corrected chi connectivity index (χ0v) is 12.9. The highest BCUT2D eigenvalue weighted by molar-refractivity contribution is 5.23. The molecule has 0 spiro atoms. The van der Waals surface area contributed by atoms with Crippen LogP contribution in [0, 0.1) is 0 Å². The third-order valence-corrected chi connectivity index (χ3v) is 3.62. The second-order valence-electron chi connectivity index (χ2n) is 5.39. The topological polar surface area (TPSA) is 22.1 Å².